The van der Waals surface area contributed by atoms with Crippen molar-refractivity contribution in [1.82, 2.24) is 19.9 Å². The van der Waals surface area contributed by atoms with Gasteiger partial charge in [0, 0.05) is 110 Å². The first-order chi connectivity index (χ1) is 39.4. The third kappa shape index (κ3) is 18.7. The van der Waals surface area contributed by atoms with Crippen LogP contribution in [-0.4, -0.2) is 19.9 Å². The molecule has 0 saturated carbocycles. The second kappa shape index (κ2) is 33.5. The molecule has 10 heteroatoms. The van der Waals surface area contributed by atoms with Gasteiger partial charge in [-0.3, -0.25) is 0 Å². The summed E-state index contributed by atoms with van der Waals surface area (Å²) in [4.78, 5) is 18.0. The molecule has 0 spiro atoms. The fourth-order valence-electron chi connectivity index (χ4n) is 8.95. The average Bonchev–Trinajstić information content (AvgIpc) is 3.52. The van der Waals surface area contributed by atoms with Crippen LogP contribution in [0.15, 0.2) is 237 Å². The van der Waals surface area contributed by atoms with E-state index in [0.717, 1.165) is 62.4 Å². The molecule has 0 aliphatic carbocycles. The molecular formula is C75H60F2Ir4N4-4. The molecule has 0 fully saturated rings. The minimum absolute atomic E-state index is 0. The molecule has 0 amide bonds. The number of pyridine rings is 4. The molecule has 4 heterocycles. The van der Waals surface area contributed by atoms with Crippen molar-refractivity contribution in [2.75, 3.05) is 0 Å². The molecule has 85 heavy (non-hydrogen) atoms. The van der Waals surface area contributed by atoms with E-state index in [0.29, 0.717) is 5.56 Å². The Kier molecular flexibility index (Phi) is 27.0. The van der Waals surface area contributed by atoms with E-state index in [9.17, 15) is 8.78 Å². The second-order valence-corrected chi connectivity index (χ2v) is 19.8. The maximum Gasteiger partial charge on any atom is 0.165 e. The van der Waals surface area contributed by atoms with Crippen molar-refractivity contribution in [3.63, 3.8) is 0 Å². The average molecular weight is 1820 g/mol. The fraction of sp³-hybridized carbons (Fsp3) is 0.0933. The number of halogens is 2. The van der Waals surface area contributed by atoms with Crippen molar-refractivity contribution in [2.24, 2.45) is 0 Å². The third-order valence-electron chi connectivity index (χ3n) is 13.7. The molecule has 0 aliphatic rings. The molecule has 434 valence electrons. The second-order valence-electron chi connectivity index (χ2n) is 19.8. The first-order valence-electron chi connectivity index (χ1n) is 26.8. The summed E-state index contributed by atoms with van der Waals surface area (Å²) < 4.78 is 27.2. The Hall–Kier alpha value is -7.18. The zero-order chi connectivity index (χ0) is 56.7. The Labute approximate surface area is 554 Å². The third-order valence-corrected chi connectivity index (χ3v) is 13.7. The molecule has 8 aromatic carbocycles. The molecule has 0 N–H and O–H groups in total. The molecule has 0 unspecified atom stereocenters. The maximum atomic E-state index is 13.9. The maximum absolute atomic E-state index is 13.9. The minimum atomic E-state index is -0.852. The number of benzene rings is 8. The standard InChI is InChI=1S/3C19H16N.C18H12F2N.4Ir/c1-14-11-19(20-13-15(14)2)18-10-6-9-17(12-18)16-7-4-3-5-8-16;1-14-11-15(2)19(20-13-14)18-10-6-9-17(12-18)16-7-4-3-5-8-16;1-14-11-12-19(20-15(14)2)18-10-6-9-17(13-18)16-7-4-3-5-8-16;1-12-8-9-17(21-11-12)14-5-2-4-13(10-14)15-6-3-7-16(19)18(15)20;;;;/h3*3-9,11-13H,1-2H3;2-4,6-11H,1H3;;;;/q4*-1;;;;. The van der Waals surface area contributed by atoms with Gasteiger partial charge >= 0.3 is 0 Å². The van der Waals surface area contributed by atoms with Crippen LogP contribution < -0.4 is 0 Å². The molecular weight excluding hydrogens is 1760 g/mol. The van der Waals surface area contributed by atoms with Crippen LogP contribution in [0.4, 0.5) is 8.78 Å². The Balaban J connectivity index is 0.000000204. The van der Waals surface area contributed by atoms with E-state index in [4.69, 9.17) is 0 Å². The fourth-order valence-corrected chi connectivity index (χ4v) is 8.95. The molecule has 4 aromatic heterocycles. The van der Waals surface area contributed by atoms with Crippen molar-refractivity contribution >= 4 is 0 Å². The predicted octanol–water partition coefficient (Wildman–Crippen LogP) is 19.3. The van der Waals surface area contributed by atoms with Gasteiger partial charge in [0.2, 0.25) is 0 Å². The van der Waals surface area contributed by atoms with Gasteiger partial charge in [0.25, 0.3) is 0 Å². The van der Waals surface area contributed by atoms with E-state index in [1.807, 2.05) is 74.8 Å². The summed E-state index contributed by atoms with van der Waals surface area (Å²) in [6, 6.07) is 84.3. The van der Waals surface area contributed by atoms with E-state index in [1.165, 1.54) is 67.3 Å². The van der Waals surface area contributed by atoms with Gasteiger partial charge in [-0.05, 0) is 116 Å². The zero-order valence-corrected chi connectivity index (χ0v) is 57.5. The first kappa shape index (κ1) is 68.6. The van der Waals surface area contributed by atoms with Gasteiger partial charge in [0.05, 0.1) is 0 Å². The number of hydrogen-bond donors (Lipinski definition) is 0. The smallest absolute Gasteiger partial charge is 0.165 e. The normalized spacial score (nSPS) is 10.0. The van der Waals surface area contributed by atoms with Crippen LogP contribution in [0.2, 0.25) is 0 Å². The van der Waals surface area contributed by atoms with E-state index >= 15 is 0 Å². The molecule has 12 aromatic rings. The van der Waals surface area contributed by atoms with Crippen LogP contribution >= 0.6 is 0 Å². The summed E-state index contributed by atoms with van der Waals surface area (Å²) >= 11 is 0. The van der Waals surface area contributed by atoms with Gasteiger partial charge < -0.3 is 19.9 Å². The number of aromatic nitrogens is 4. The van der Waals surface area contributed by atoms with E-state index in [-0.39, 0.29) is 86.0 Å². The van der Waals surface area contributed by atoms with Crippen LogP contribution in [0.5, 0.6) is 0 Å². The molecule has 4 nitrogen and oxygen atoms in total. The summed E-state index contributed by atoms with van der Waals surface area (Å²) in [6.07, 6.45) is 5.59. The summed E-state index contributed by atoms with van der Waals surface area (Å²) in [7, 11) is 0. The van der Waals surface area contributed by atoms with E-state index in [1.54, 1.807) is 30.5 Å². The minimum Gasteiger partial charge on any atom is -0.304 e. The van der Waals surface area contributed by atoms with Crippen LogP contribution in [0, 0.1) is 84.4 Å². The summed E-state index contributed by atoms with van der Waals surface area (Å²) in [5.41, 5.74) is 23.8. The van der Waals surface area contributed by atoms with Crippen molar-refractivity contribution in [2.45, 2.75) is 48.5 Å². The molecule has 0 saturated heterocycles. The summed E-state index contributed by atoms with van der Waals surface area (Å²) in [5.74, 6) is -1.69. The van der Waals surface area contributed by atoms with Gasteiger partial charge in [0.15, 0.2) is 11.6 Å². The zero-order valence-electron chi connectivity index (χ0n) is 47.9. The predicted molar refractivity (Wildman–Crippen MR) is 329 cm³/mol. The topological polar surface area (TPSA) is 51.6 Å². The van der Waals surface area contributed by atoms with Crippen LogP contribution in [-0.2, 0) is 80.4 Å². The van der Waals surface area contributed by atoms with E-state index < -0.39 is 11.6 Å². The van der Waals surface area contributed by atoms with Gasteiger partial charge in [0.1, 0.15) is 0 Å². The van der Waals surface area contributed by atoms with Gasteiger partial charge in [-0.25, -0.2) is 8.78 Å². The molecule has 4 radical (unpaired) electrons. The quantitative estimate of drug-likeness (QED) is 0.142. The molecule has 12 rings (SSSR count). The Bertz CT molecular complexity index is 3920. The van der Waals surface area contributed by atoms with Crippen LogP contribution in [0.3, 0.4) is 0 Å². The Morgan fingerprint density at radius 1 is 0.318 bits per heavy atom. The van der Waals surface area contributed by atoms with Crippen molar-refractivity contribution in [3.05, 3.63) is 312 Å². The van der Waals surface area contributed by atoms with Gasteiger partial charge in [-0.1, -0.05) is 156 Å². The molecule has 0 atom stereocenters. The van der Waals surface area contributed by atoms with Crippen LogP contribution in [0.1, 0.15) is 39.1 Å². The molecule has 0 aliphatic heterocycles. The largest absolute Gasteiger partial charge is 0.304 e. The number of rotatable bonds is 8. The van der Waals surface area contributed by atoms with Gasteiger partial charge in [-0.2, -0.15) is 0 Å². The van der Waals surface area contributed by atoms with Crippen molar-refractivity contribution < 1.29 is 89.2 Å². The number of nitrogens with zero attached hydrogens (tertiary/aromatic N) is 4. The van der Waals surface area contributed by atoms with Crippen LogP contribution in [0.25, 0.3) is 89.5 Å². The van der Waals surface area contributed by atoms with Crippen molar-refractivity contribution in [3.8, 4) is 89.5 Å². The van der Waals surface area contributed by atoms with E-state index in [2.05, 4.69) is 212 Å². The Morgan fingerprint density at radius 3 is 1.28 bits per heavy atom. The Morgan fingerprint density at radius 2 is 0.776 bits per heavy atom. The summed E-state index contributed by atoms with van der Waals surface area (Å²) in [6.45, 7) is 14.4. The molecule has 0 bridgehead atoms. The van der Waals surface area contributed by atoms with Crippen molar-refractivity contribution in [1.29, 1.82) is 0 Å². The number of aryl methyl sites for hydroxylation is 7. The SMILES string of the molecule is Cc1ccc(-c2[c-]ccc(-c3cccc(F)c3F)c2)nc1.Cc1ccc(-c2[c-]ccc(-c3ccccc3)c2)nc1C.Cc1cnc(-c2[c-]ccc(-c3ccccc3)c2)c(C)c1.Cc1cnc(-c2[c-]ccc(-c3ccccc3)c2)cc1C.[Ir].[Ir].[Ir].[Ir]. The first-order valence-corrected chi connectivity index (χ1v) is 26.8. The monoisotopic (exact) mass is 1830 g/mol. The summed E-state index contributed by atoms with van der Waals surface area (Å²) in [5, 5.41) is 0. The number of hydrogen-bond acceptors (Lipinski definition) is 4. The van der Waals surface area contributed by atoms with Gasteiger partial charge in [-0.15, -0.1) is 136 Å².